The van der Waals surface area contributed by atoms with E-state index in [2.05, 4.69) is 12.2 Å². The van der Waals surface area contributed by atoms with Crippen molar-refractivity contribution in [3.05, 3.63) is 35.9 Å². The third-order valence-corrected chi connectivity index (χ3v) is 6.77. The Morgan fingerprint density at radius 3 is 1.76 bits per heavy atom. The number of rotatable bonds is 22. The molecule has 0 aliphatic carbocycles. The van der Waals surface area contributed by atoms with Crippen LogP contribution in [-0.2, 0) is 20.9 Å². The van der Waals surface area contributed by atoms with Gasteiger partial charge in [0.15, 0.2) is 6.23 Å². The average Bonchev–Trinajstić information content (AvgIpc) is 2.88. The van der Waals surface area contributed by atoms with Gasteiger partial charge in [0.05, 0.1) is 0 Å². The van der Waals surface area contributed by atoms with E-state index in [1.165, 1.54) is 83.5 Å². The van der Waals surface area contributed by atoms with E-state index < -0.39 is 24.3 Å². The average molecular weight is 519 g/mol. The molecule has 6 heteroatoms. The number of amides is 1. The van der Waals surface area contributed by atoms with Gasteiger partial charge >= 0.3 is 12.1 Å². The summed E-state index contributed by atoms with van der Waals surface area (Å²) in [6, 6.07) is 8.61. The van der Waals surface area contributed by atoms with Crippen molar-refractivity contribution < 1.29 is 19.1 Å². The van der Waals surface area contributed by atoms with Crippen LogP contribution < -0.4 is 11.1 Å². The molecule has 0 radical (unpaired) electrons. The Morgan fingerprint density at radius 1 is 0.784 bits per heavy atom. The molecule has 0 fully saturated rings. The first-order valence-corrected chi connectivity index (χ1v) is 14.9. The molecule has 2 atom stereocenters. The maximum Gasteiger partial charge on any atom is 0.408 e. The monoisotopic (exact) mass is 518 g/mol. The molecule has 3 N–H and O–H groups in total. The molecule has 0 saturated heterocycles. The van der Waals surface area contributed by atoms with Gasteiger partial charge in [-0.05, 0) is 24.3 Å². The Labute approximate surface area is 226 Å². The van der Waals surface area contributed by atoms with Crippen LogP contribution in [0.1, 0.15) is 129 Å². The zero-order valence-electron chi connectivity index (χ0n) is 23.8. The number of unbranched alkanes of at least 4 members (excludes halogenated alkanes) is 14. The van der Waals surface area contributed by atoms with Crippen LogP contribution >= 0.6 is 0 Å². The van der Waals surface area contributed by atoms with E-state index in [4.69, 9.17) is 15.2 Å². The third-order valence-electron chi connectivity index (χ3n) is 6.77. The largest absolute Gasteiger partial charge is 0.445 e. The number of nitrogens with one attached hydrogen (secondary N) is 1. The summed E-state index contributed by atoms with van der Waals surface area (Å²) in [5.74, 6) is -0.658. The van der Waals surface area contributed by atoms with Crippen LogP contribution in [0.25, 0.3) is 0 Å². The summed E-state index contributed by atoms with van der Waals surface area (Å²) in [4.78, 5) is 24.8. The molecule has 0 saturated carbocycles. The summed E-state index contributed by atoms with van der Waals surface area (Å²) in [5, 5.41) is 2.62. The summed E-state index contributed by atoms with van der Waals surface area (Å²) in [5.41, 5.74) is 6.93. The van der Waals surface area contributed by atoms with Gasteiger partial charge in [-0.3, -0.25) is 5.73 Å². The molecular formula is C31H54N2O4. The van der Waals surface area contributed by atoms with Crippen LogP contribution in [0.15, 0.2) is 30.3 Å². The highest BCUT2D eigenvalue weighted by molar-refractivity contribution is 5.81. The smallest absolute Gasteiger partial charge is 0.408 e. The molecule has 1 aromatic rings. The second-order valence-electron chi connectivity index (χ2n) is 10.6. The van der Waals surface area contributed by atoms with E-state index >= 15 is 0 Å². The Balaban J connectivity index is 2.06. The first-order chi connectivity index (χ1) is 17.9. The molecule has 1 amide bonds. The van der Waals surface area contributed by atoms with E-state index in [0.717, 1.165) is 18.4 Å². The minimum Gasteiger partial charge on any atom is -0.445 e. The van der Waals surface area contributed by atoms with Crippen LogP contribution in [-0.4, -0.2) is 24.3 Å². The summed E-state index contributed by atoms with van der Waals surface area (Å²) in [6.07, 6.45) is 19.0. The zero-order chi connectivity index (χ0) is 27.1. The predicted octanol–water partition coefficient (Wildman–Crippen LogP) is 8.03. The Hall–Kier alpha value is -2.08. The second-order valence-corrected chi connectivity index (χ2v) is 10.6. The standard InChI is InChI=1S/C31H54N2O4/c1-4-5-6-7-8-9-10-11-12-13-14-15-16-17-21-24-28(32)37-30(34)29(26(2)3)33-31(35)36-25-27-22-19-18-20-23-27/h18-20,22-23,26,28-29H,4-17,21,24-25,32H2,1-3H3,(H,33,35)/t28?,29-/m0/s1. The van der Waals surface area contributed by atoms with Crippen LogP contribution in [0.2, 0.25) is 0 Å². The van der Waals surface area contributed by atoms with Gasteiger partial charge in [0.2, 0.25) is 0 Å². The minimum atomic E-state index is -0.796. The maximum atomic E-state index is 12.6. The number of hydrogen-bond donors (Lipinski definition) is 2. The van der Waals surface area contributed by atoms with Gasteiger partial charge in [-0.1, -0.05) is 141 Å². The van der Waals surface area contributed by atoms with Gasteiger partial charge in [0.1, 0.15) is 12.6 Å². The lowest BCUT2D eigenvalue weighted by Crippen LogP contribution is -2.47. The van der Waals surface area contributed by atoms with Crippen molar-refractivity contribution in [1.29, 1.82) is 0 Å². The molecule has 0 aliphatic heterocycles. The molecule has 0 heterocycles. The van der Waals surface area contributed by atoms with Crippen molar-refractivity contribution in [1.82, 2.24) is 5.32 Å². The van der Waals surface area contributed by atoms with Gasteiger partial charge in [-0.2, -0.15) is 0 Å². The first kappa shape index (κ1) is 32.9. The van der Waals surface area contributed by atoms with E-state index in [0.29, 0.717) is 6.42 Å². The molecule has 1 unspecified atom stereocenters. The Bertz CT molecular complexity index is 696. The third kappa shape index (κ3) is 17.9. The lowest BCUT2D eigenvalue weighted by Gasteiger charge is -2.22. The Kier molecular flexibility index (Phi) is 19.5. The highest BCUT2D eigenvalue weighted by atomic mass is 16.6. The quantitative estimate of drug-likeness (QED) is 0.0921. The molecule has 212 valence electrons. The molecule has 1 rings (SSSR count). The number of esters is 1. The molecule has 0 spiro atoms. The molecular weight excluding hydrogens is 464 g/mol. The fraction of sp³-hybridized carbons (Fsp3) is 0.742. The van der Waals surface area contributed by atoms with Gasteiger partial charge in [0, 0.05) is 0 Å². The Morgan fingerprint density at radius 2 is 1.27 bits per heavy atom. The number of carbonyl (C=O) groups is 2. The lowest BCUT2D eigenvalue weighted by atomic mass is 10.0. The zero-order valence-corrected chi connectivity index (χ0v) is 23.8. The summed E-state index contributed by atoms with van der Waals surface area (Å²) >= 11 is 0. The van der Waals surface area contributed by atoms with E-state index in [9.17, 15) is 9.59 Å². The van der Waals surface area contributed by atoms with E-state index in [-0.39, 0.29) is 12.5 Å². The van der Waals surface area contributed by atoms with Crippen molar-refractivity contribution in [2.75, 3.05) is 0 Å². The summed E-state index contributed by atoms with van der Waals surface area (Å²) in [6.45, 7) is 6.11. The minimum absolute atomic E-state index is 0.144. The highest BCUT2D eigenvalue weighted by Crippen LogP contribution is 2.14. The molecule has 37 heavy (non-hydrogen) atoms. The number of nitrogens with two attached hydrogens (primary N) is 1. The fourth-order valence-electron chi connectivity index (χ4n) is 4.39. The van der Waals surface area contributed by atoms with Crippen molar-refractivity contribution in [3.8, 4) is 0 Å². The van der Waals surface area contributed by atoms with Crippen molar-refractivity contribution >= 4 is 12.1 Å². The fourth-order valence-corrected chi connectivity index (χ4v) is 4.39. The van der Waals surface area contributed by atoms with Crippen LogP contribution in [0.3, 0.4) is 0 Å². The number of benzene rings is 1. The van der Waals surface area contributed by atoms with Crippen molar-refractivity contribution in [2.24, 2.45) is 11.7 Å². The molecule has 1 aromatic carbocycles. The van der Waals surface area contributed by atoms with E-state index in [1.54, 1.807) is 0 Å². The number of alkyl carbamates (subject to hydrolysis) is 1. The van der Waals surface area contributed by atoms with Gasteiger partial charge in [0.25, 0.3) is 0 Å². The molecule has 0 aromatic heterocycles. The van der Waals surface area contributed by atoms with Crippen LogP contribution in [0.4, 0.5) is 4.79 Å². The summed E-state index contributed by atoms with van der Waals surface area (Å²) in [7, 11) is 0. The SMILES string of the molecule is CCCCCCCCCCCCCCCCCC(N)OC(=O)[C@@H](NC(=O)OCc1ccccc1)C(C)C. The van der Waals surface area contributed by atoms with Crippen LogP contribution in [0, 0.1) is 5.92 Å². The number of hydrogen-bond acceptors (Lipinski definition) is 5. The highest BCUT2D eigenvalue weighted by Gasteiger charge is 2.27. The lowest BCUT2D eigenvalue weighted by molar-refractivity contribution is -0.152. The van der Waals surface area contributed by atoms with Crippen molar-refractivity contribution in [3.63, 3.8) is 0 Å². The topological polar surface area (TPSA) is 90.6 Å². The molecule has 0 bridgehead atoms. The van der Waals surface area contributed by atoms with Gasteiger partial charge in [-0.25, -0.2) is 9.59 Å². The predicted molar refractivity (Wildman–Crippen MR) is 152 cm³/mol. The molecule has 0 aliphatic rings. The van der Waals surface area contributed by atoms with Gasteiger partial charge < -0.3 is 14.8 Å². The number of ether oxygens (including phenoxy) is 2. The first-order valence-electron chi connectivity index (χ1n) is 14.9. The van der Waals surface area contributed by atoms with Gasteiger partial charge in [-0.15, -0.1) is 0 Å². The normalized spacial score (nSPS) is 12.8. The second kappa shape index (κ2) is 22.0. The number of carbonyl (C=O) groups excluding carboxylic acids is 2. The van der Waals surface area contributed by atoms with Crippen molar-refractivity contribution in [2.45, 2.75) is 142 Å². The molecule has 6 nitrogen and oxygen atoms in total. The summed E-state index contributed by atoms with van der Waals surface area (Å²) < 4.78 is 10.7. The maximum absolute atomic E-state index is 12.6. The van der Waals surface area contributed by atoms with E-state index in [1.807, 2.05) is 44.2 Å². The van der Waals surface area contributed by atoms with Crippen LogP contribution in [0.5, 0.6) is 0 Å².